The van der Waals surface area contributed by atoms with Gasteiger partial charge >= 0.3 is 0 Å². The van der Waals surface area contributed by atoms with Crippen LogP contribution in [0.2, 0.25) is 0 Å². The van der Waals surface area contributed by atoms with Crippen molar-refractivity contribution < 1.29 is 9.50 Å². The van der Waals surface area contributed by atoms with Crippen LogP contribution in [-0.4, -0.2) is 40.0 Å². The summed E-state index contributed by atoms with van der Waals surface area (Å²) in [5, 5.41) is 13.2. The fourth-order valence-electron chi connectivity index (χ4n) is 1.71. The molecular formula is C13H16FN3O. The number of rotatable bonds is 5. The van der Waals surface area contributed by atoms with Crippen molar-refractivity contribution in [3.8, 4) is 5.69 Å². The number of aromatic nitrogens is 2. The molecule has 1 aromatic carbocycles. The zero-order valence-corrected chi connectivity index (χ0v) is 10.3. The van der Waals surface area contributed by atoms with Gasteiger partial charge in [-0.2, -0.15) is 5.10 Å². The van der Waals surface area contributed by atoms with E-state index in [0.717, 1.165) is 11.4 Å². The number of aliphatic hydroxyl groups excluding tert-OH is 1. The van der Waals surface area contributed by atoms with E-state index in [-0.39, 0.29) is 12.4 Å². The van der Waals surface area contributed by atoms with Crippen molar-refractivity contribution in [3.05, 3.63) is 48.0 Å². The smallest absolute Gasteiger partial charge is 0.123 e. The number of aliphatic hydroxyl groups is 1. The Labute approximate surface area is 105 Å². The predicted octanol–water partition coefficient (Wildman–Crippen LogP) is 1.44. The van der Waals surface area contributed by atoms with E-state index in [2.05, 4.69) is 5.10 Å². The van der Waals surface area contributed by atoms with Gasteiger partial charge in [0.15, 0.2) is 0 Å². The fourth-order valence-corrected chi connectivity index (χ4v) is 1.71. The summed E-state index contributed by atoms with van der Waals surface area (Å²) in [6, 6.07) is 8.10. The first kappa shape index (κ1) is 12.7. The van der Waals surface area contributed by atoms with Gasteiger partial charge in [0.2, 0.25) is 0 Å². The lowest BCUT2D eigenvalue weighted by Gasteiger charge is -2.12. The van der Waals surface area contributed by atoms with Gasteiger partial charge in [0.25, 0.3) is 0 Å². The highest BCUT2D eigenvalue weighted by molar-refractivity contribution is 5.31. The van der Waals surface area contributed by atoms with Crippen LogP contribution in [-0.2, 0) is 6.54 Å². The van der Waals surface area contributed by atoms with Crippen LogP contribution < -0.4 is 0 Å². The molecule has 0 aliphatic carbocycles. The number of halogens is 1. The van der Waals surface area contributed by atoms with Crippen molar-refractivity contribution >= 4 is 0 Å². The minimum Gasteiger partial charge on any atom is -0.395 e. The van der Waals surface area contributed by atoms with Gasteiger partial charge in [-0.05, 0) is 37.4 Å². The Kier molecular flexibility index (Phi) is 4.07. The van der Waals surface area contributed by atoms with Gasteiger partial charge in [-0.1, -0.05) is 0 Å². The summed E-state index contributed by atoms with van der Waals surface area (Å²) >= 11 is 0. The molecule has 0 radical (unpaired) electrons. The second-order valence-corrected chi connectivity index (χ2v) is 4.19. The third kappa shape index (κ3) is 3.15. The average Bonchev–Trinajstić information content (AvgIpc) is 2.78. The first-order valence-corrected chi connectivity index (χ1v) is 5.79. The zero-order valence-electron chi connectivity index (χ0n) is 10.3. The van der Waals surface area contributed by atoms with Crippen LogP contribution in [0.15, 0.2) is 36.5 Å². The van der Waals surface area contributed by atoms with Crippen molar-refractivity contribution in [2.45, 2.75) is 6.54 Å². The largest absolute Gasteiger partial charge is 0.395 e. The van der Waals surface area contributed by atoms with Crippen LogP contribution in [0.4, 0.5) is 4.39 Å². The van der Waals surface area contributed by atoms with Gasteiger partial charge in [-0.3, -0.25) is 4.90 Å². The Morgan fingerprint density at radius 1 is 1.28 bits per heavy atom. The molecule has 0 saturated carbocycles. The maximum atomic E-state index is 12.8. The van der Waals surface area contributed by atoms with Crippen molar-refractivity contribution in [2.24, 2.45) is 0 Å². The second kappa shape index (κ2) is 5.75. The van der Waals surface area contributed by atoms with E-state index < -0.39 is 0 Å². The van der Waals surface area contributed by atoms with Crippen molar-refractivity contribution in [3.63, 3.8) is 0 Å². The molecule has 0 amide bonds. The monoisotopic (exact) mass is 249 g/mol. The molecule has 0 aliphatic heterocycles. The predicted molar refractivity (Wildman–Crippen MR) is 66.9 cm³/mol. The highest BCUT2D eigenvalue weighted by Gasteiger charge is 2.04. The highest BCUT2D eigenvalue weighted by Crippen LogP contribution is 2.09. The number of hydrogen-bond donors (Lipinski definition) is 1. The van der Waals surface area contributed by atoms with E-state index in [4.69, 9.17) is 5.11 Å². The number of nitrogens with zero attached hydrogens (tertiary/aromatic N) is 3. The fraction of sp³-hybridized carbons (Fsp3) is 0.308. The Morgan fingerprint density at radius 3 is 2.67 bits per heavy atom. The minimum atomic E-state index is -0.256. The van der Waals surface area contributed by atoms with E-state index in [1.807, 2.05) is 24.2 Å². The molecule has 1 N–H and O–H groups in total. The summed E-state index contributed by atoms with van der Waals surface area (Å²) in [5.41, 5.74) is 1.74. The summed E-state index contributed by atoms with van der Waals surface area (Å²) in [4.78, 5) is 1.98. The molecule has 0 unspecified atom stereocenters. The SMILES string of the molecule is CN(CCO)Cc1ccn(-c2ccc(F)cc2)n1. The Balaban J connectivity index is 2.08. The maximum Gasteiger partial charge on any atom is 0.123 e. The molecule has 4 nitrogen and oxygen atoms in total. The lowest BCUT2D eigenvalue weighted by molar-refractivity contribution is 0.216. The zero-order chi connectivity index (χ0) is 13.0. The summed E-state index contributed by atoms with van der Waals surface area (Å²) in [5.74, 6) is -0.256. The standard InChI is InChI=1S/C13H16FN3O/c1-16(8-9-18)10-12-6-7-17(15-12)13-4-2-11(14)3-5-13/h2-7,18H,8-10H2,1H3. The van der Waals surface area contributed by atoms with E-state index in [9.17, 15) is 4.39 Å². The summed E-state index contributed by atoms with van der Waals surface area (Å²) < 4.78 is 14.5. The topological polar surface area (TPSA) is 41.3 Å². The molecule has 1 aromatic heterocycles. The summed E-state index contributed by atoms with van der Waals surface area (Å²) in [7, 11) is 1.92. The third-order valence-electron chi connectivity index (χ3n) is 2.65. The molecular weight excluding hydrogens is 233 g/mol. The van der Waals surface area contributed by atoms with Crippen LogP contribution in [0.5, 0.6) is 0 Å². The van der Waals surface area contributed by atoms with Gasteiger partial charge in [0.1, 0.15) is 5.82 Å². The van der Waals surface area contributed by atoms with Crippen LogP contribution >= 0.6 is 0 Å². The lowest BCUT2D eigenvalue weighted by atomic mass is 10.3. The highest BCUT2D eigenvalue weighted by atomic mass is 19.1. The molecule has 0 fully saturated rings. The molecule has 5 heteroatoms. The molecule has 0 bridgehead atoms. The van der Waals surface area contributed by atoms with Crippen molar-refractivity contribution in [2.75, 3.05) is 20.2 Å². The Hall–Kier alpha value is -1.72. The number of benzene rings is 1. The molecule has 2 rings (SSSR count). The van der Waals surface area contributed by atoms with Crippen LogP contribution in [0.1, 0.15) is 5.69 Å². The van der Waals surface area contributed by atoms with Gasteiger partial charge in [0, 0.05) is 19.3 Å². The van der Waals surface area contributed by atoms with Gasteiger partial charge < -0.3 is 5.11 Å². The molecule has 0 saturated heterocycles. The Bertz CT molecular complexity index is 495. The molecule has 0 atom stereocenters. The van der Waals surface area contributed by atoms with Crippen molar-refractivity contribution in [1.82, 2.24) is 14.7 Å². The quantitative estimate of drug-likeness (QED) is 0.871. The Morgan fingerprint density at radius 2 is 2.00 bits per heavy atom. The van der Waals surface area contributed by atoms with Gasteiger partial charge in [-0.25, -0.2) is 9.07 Å². The van der Waals surface area contributed by atoms with Gasteiger partial charge in [-0.15, -0.1) is 0 Å². The van der Waals surface area contributed by atoms with E-state index >= 15 is 0 Å². The summed E-state index contributed by atoms with van der Waals surface area (Å²) in [6.45, 7) is 1.42. The van der Waals surface area contributed by atoms with Crippen LogP contribution in [0.25, 0.3) is 5.69 Å². The van der Waals surface area contributed by atoms with E-state index in [1.165, 1.54) is 12.1 Å². The molecule has 2 aromatic rings. The molecule has 1 heterocycles. The second-order valence-electron chi connectivity index (χ2n) is 4.19. The maximum absolute atomic E-state index is 12.8. The van der Waals surface area contributed by atoms with E-state index in [1.54, 1.807) is 16.8 Å². The number of likely N-dealkylation sites (N-methyl/N-ethyl adjacent to an activating group) is 1. The molecule has 96 valence electrons. The molecule has 18 heavy (non-hydrogen) atoms. The van der Waals surface area contributed by atoms with Crippen LogP contribution in [0, 0.1) is 5.82 Å². The van der Waals surface area contributed by atoms with Gasteiger partial charge in [0.05, 0.1) is 18.0 Å². The minimum absolute atomic E-state index is 0.134. The summed E-state index contributed by atoms with van der Waals surface area (Å²) in [6.07, 6.45) is 1.84. The number of hydrogen-bond acceptors (Lipinski definition) is 3. The molecule has 0 aliphatic rings. The first-order valence-electron chi connectivity index (χ1n) is 5.79. The van der Waals surface area contributed by atoms with Crippen molar-refractivity contribution in [1.29, 1.82) is 0 Å². The third-order valence-corrected chi connectivity index (χ3v) is 2.65. The molecule has 0 spiro atoms. The first-order chi connectivity index (χ1) is 8.69. The average molecular weight is 249 g/mol. The van der Waals surface area contributed by atoms with Crippen LogP contribution in [0.3, 0.4) is 0 Å². The normalized spacial score (nSPS) is 11.1. The lowest BCUT2D eigenvalue weighted by Crippen LogP contribution is -2.21. The van der Waals surface area contributed by atoms with E-state index in [0.29, 0.717) is 13.1 Å².